The topological polar surface area (TPSA) is 76.5 Å². The van der Waals surface area contributed by atoms with Crippen molar-refractivity contribution in [1.82, 2.24) is 4.90 Å². The molecule has 0 spiro atoms. The second kappa shape index (κ2) is 4.80. The van der Waals surface area contributed by atoms with Crippen molar-refractivity contribution in [1.29, 1.82) is 0 Å². The number of sulfone groups is 1. The molecule has 5 nitrogen and oxygen atoms in total. The number of rotatable bonds is 4. The molecule has 17 heavy (non-hydrogen) atoms. The normalized spacial score (nSPS) is 25.2. The van der Waals surface area contributed by atoms with Crippen LogP contribution in [0.15, 0.2) is 23.0 Å². The molecule has 1 fully saturated rings. The Balaban J connectivity index is 2.11. The van der Waals surface area contributed by atoms with E-state index in [0.717, 1.165) is 5.56 Å². The van der Waals surface area contributed by atoms with Gasteiger partial charge in [0.2, 0.25) is 0 Å². The van der Waals surface area contributed by atoms with Gasteiger partial charge in [-0.25, -0.2) is 8.42 Å². The third-order valence-corrected chi connectivity index (χ3v) is 5.18. The van der Waals surface area contributed by atoms with Crippen LogP contribution in [0.5, 0.6) is 0 Å². The van der Waals surface area contributed by atoms with Crippen LogP contribution in [0.2, 0.25) is 0 Å². The van der Waals surface area contributed by atoms with Crippen molar-refractivity contribution < 1.29 is 12.8 Å². The number of hydrogen-bond donors (Lipinski definition) is 1. The molecule has 0 saturated carbocycles. The van der Waals surface area contributed by atoms with Crippen LogP contribution in [0.25, 0.3) is 0 Å². The second-order valence-corrected chi connectivity index (χ2v) is 6.76. The highest BCUT2D eigenvalue weighted by atomic mass is 32.2. The summed E-state index contributed by atoms with van der Waals surface area (Å²) in [7, 11) is -0.930. The molecule has 96 valence electrons. The summed E-state index contributed by atoms with van der Waals surface area (Å²) in [5.74, 6) is 0.516. The molecular weight excluding hydrogens is 240 g/mol. The maximum absolute atomic E-state index is 11.5. The fourth-order valence-electron chi connectivity index (χ4n) is 2.35. The Hall–Kier alpha value is -0.850. The quantitative estimate of drug-likeness (QED) is 0.846. The molecule has 1 aromatic rings. The lowest BCUT2D eigenvalue weighted by atomic mass is 10.1. The molecule has 0 amide bonds. The maximum atomic E-state index is 11.5. The van der Waals surface area contributed by atoms with Crippen molar-refractivity contribution in [2.75, 3.05) is 25.1 Å². The van der Waals surface area contributed by atoms with Crippen molar-refractivity contribution in [3.05, 3.63) is 24.2 Å². The molecule has 2 unspecified atom stereocenters. The first kappa shape index (κ1) is 12.6. The molecule has 1 aromatic heterocycles. The minimum Gasteiger partial charge on any atom is -0.472 e. The van der Waals surface area contributed by atoms with Gasteiger partial charge < -0.3 is 10.2 Å². The van der Waals surface area contributed by atoms with Crippen LogP contribution < -0.4 is 5.73 Å². The van der Waals surface area contributed by atoms with Gasteiger partial charge in [0.1, 0.15) is 0 Å². The van der Waals surface area contributed by atoms with Gasteiger partial charge in [-0.2, -0.15) is 0 Å². The first-order valence-corrected chi connectivity index (χ1v) is 7.50. The number of nitrogens with zero attached hydrogens (tertiary/aromatic N) is 1. The lowest BCUT2D eigenvalue weighted by Crippen LogP contribution is -2.39. The number of furan rings is 1. The fourth-order valence-corrected chi connectivity index (χ4v) is 4.14. The van der Waals surface area contributed by atoms with Gasteiger partial charge in [-0.1, -0.05) is 0 Å². The molecule has 6 heteroatoms. The van der Waals surface area contributed by atoms with E-state index in [1.807, 2.05) is 13.1 Å². The number of nitrogens with two attached hydrogens (primary N) is 1. The van der Waals surface area contributed by atoms with Gasteiger partial charge in [-0.3, -0.25) is 4.90 Å². The van der Waals surface area contributed by atoms with Gasteiger partial charge in [-0.15, -0.1) is 0 Å². The van der Waals surface area contributed by atoms with Gasteiger partial charge in [-0.05, 0) is 19.5 Å². The molecular formula is C11H18N2O3S. The Morgan fingerprint density at radius 3 is 2.88 bits per heavy atom. The molecule has 1 saturated heterocycles. The standard InChI is InChI=1S/C11H18N2O3S/c1-13(10-3-5-17(14,15)8-10)11(6-12)9-2-4-16-7-9/h2,4,7,10-11H,3,5-6,8,12H2,1H3. The molecule has 2 heterocycles. The van der Waals surface area contributed by atoms with Crippen LogP contribution in [0.4, 0.5) is 0 Å². The summed E-state index contributed by atoms with van der Waals surface area (Å²) < 4.78 is 28.0. The van der Waals surface area contributed by atoms with E-state index in [2.05, 4.69) is 4.90 Å². The average molecular weight is 258 g/mol. The minimum atomic E-state index is -2.86. The Morgan fingerprint density at radius 1 is 1.65 bits per heavy atom. The van der Waals surface area contributed by atoms with Crippen molar-refractivity contribution in [3.8, 4) is 0 Å². The summed E-state index contributed by atoms with van der Waals surface area (Å²) in [5, 5.41) is 0. The third kappa shape index (κ3) is 2.70. The lowest BCUT2D eigenvalue weighted by molar-refractivity contribution is 0.192. The monoisotopic (exact) mass is 258 g/mol. The SMILES string of the molecule is CN(C1CCS(=O)(=O)C1)C(CN)c1ccoc1. The molecule has 1 aliphatic heterocycles. The highest BCUT2D eigenvalue weighted by molar-refractivity contribution is 7.91. The van der Waals surface area contributed by atoms with Gasteiger partial charge in [0.15, 0.2) is 9.84 Å². The van der Waals surface area contributed by atoms with Crippen LogP contribution in [-0.4, -0.2) is 44.5 Å². The van der Waals surface area contributed by atoms with Crippen LogP contribution in [0.3, 0.4) is 0 Å². The Morgan fingerprint density at radius 2 is 2.41 bits per heavy atom. The first-order valence-electron chi connectivity index (χ1n) is 5.68. The van der Waals surface area contributed by atoms with Crippen LogP contribution in [0.1, 0.15) is 18.0 Å². The zero-order valence-electron chi connectivity index (χ0n) is 9.87. The van der Waals surface area contributed by atoms with Crippen molar-refractivity contribution in [3.63, 3.8) is 0 Å². The van der Waals surface area contributed by atoms with E-state index in [-0.39, 0.29) is 23.6 Å². The summed E-state index contributed by atoms with van der Waals surface area (Å²) >= 11 is 0. The Bertz CT molecular complexity index is 455. The van der Waals surface area contributed by atoms with E-state index >= 15 is 0 Å². The lowest BCUT2D eigenvalue weighted by Gasteiger charge is -2.30. The van der Waals surface area contributed by atoms with Crippen LogP contribution in [0, 0.1) is 0 Å². The summed E-state index contributed by atoms with van der Waals surface area (Å²) in [4.78, 5) is 2.05. The molecule has 2 N–H and O–H groups in total. The second-order valence-electron chi connectivity index (χ2n) is 4.53. The third-order valence-electron chi connectivity index (χ3n) is 3.43. The predicted molar refractivity (Wildman–Crippen MR) is 65.3 cm³/mol. The summed E-state index contributed by atoms with van der Waals surface area (Å²) in [6.07, 6.45) is 3.96. The largest absolute Gasteiger partial charge is 0.472 e. The van der Waals surface area contributed by atoms with Gasteiger partial charge in [0.05, 0.1) is 30.1 Å². The van der Waals surface area contributed by atoms with E-state index < -0.39 is 9.84 Å². The smallest absolute Gasteiger partial charge is 0.151 e. The van der Waals surface area contributed by atoms with E-state index in [9.17, 15) is 8.42 Å². The fraction of sp³-hybridized carbons (Fsp3) is 0.636. The molecule has 0 bridgehead atoms. The van der Waals surface area contributed by atoms with Crippen molar-refractivity contribution in [2.45, 2.75) is 18.5 Å². The molecule has 1 aliphatic rings. The van der Waals surface area contributed by atoms with Crippen LogP contribution >= 0.6 is 0 Å². The Labute approximate surface area is 101 Å². The van der Waals surface area contributed by atoms with Gasteiger partial charge in [0.25, 0.3) is 0 Å². The van der Waals surface area contributed by atoms with E-state index in [4.69, 9.17) is 10.2 Å². The molecule has 0 aromatic carbocycles. The Kier molecular flexibility index (Phi) is 3.56. The molecule has 0 radical (unpaired) electrons. The van der Waals surface area contributed by atoms with Gasteiger partial charge in [0, 0.05) is 18.2 Å². The summed E-state index contributed by atoms with van der Waals surface area (Å²) in [6.45, 7) is 0.451. The van der Waals surface area contributed by atoms with Crippen LogP contribution in [-0.2, 0) is 9.84 Å². The first-order chi connectivity index (χ1) is 8.03. The van der Waals surface area contributed by atoms with Crippen molar-refractivity contribution >= 4 is 9.84 Å². The number of hydrogen-bond acceptors (Lipinski definition) is 5. The highest BCUT2D eigenvalue weighted by Crippen LogP contribution is 2.26. The maximum Gasteiger partial charge on any atom is 0.151 e. The molecule has 0 aliphatic carbocycles. The summed E-state index contributed by atoms with van der Waals surface area (Å²) in [5.41, 5.74) is 6.77. The molecule has 2 rings (SSSR count). The van der Waals surface area contributed by atoms with Crippen molar-refractivity contribution in [2.24, 2.45) is 5.73 Å². The predicted octanol–water partition coefficient (Wildman–Crippen LogP) is 0.398. The van der Waals surface area contributed by atoms with E-state index in [1.165, 1.54) is 0 Å². The summed E-state index contributed by atoms with van der Waals surface area (Å²) in [6, 6.07) is 1.95. The zero-order chi connectivity index (χ0) is 12.5. The number of likely N-dealkylation sites (N-methyl/N-ethyl adjacent to an activating group) is 1. The minimum absolute atomic E-state index is 0.0204. The average Bonchev–Trinajstić information content (AvgIpc) is 2.88. The van der Waals surface area contributed by atoms with E-state index in [0.29, 0.717) is 13.0 Å². The highest BCUT2D eigenvalue weighted by Gasteiger charge is 2.33. The van der Waals surface area contributed by atoms with Gasteiger partial charge >= 0.3 is 0 Å². The van der Waals surface area contributed by atoms with E-state index in [1.54, 1.807) is 12.5 Å². The zero-order valence-corrected chi connectivity index (χ0v) is 10.7. The molecule has 2 atom stereocenters.